The summed E-state index contributed by atoms with van der Waals surface area (Å²) in [5, 5.41) is 3.63. The molecule has 1 saturated carbocycles. The molecule has 23 heavy (non-hydrogen) atoms. The van der Waals surface area contributed by atoms with Crippen LogP contribution in [-0.2, 0) is 9.59 Å². The summed E-state index contributed by atoms with van der Waals surface area (Å²) in [6, 6.07) is 7.14. The van der Waals surface area contributed by atoms with Gasteiger partial charge in [0.1, 0.15) is 0 Å². The third kappa shape index (κ3) is 4.16. The number of carbonyl (C=O) groups is 2. The van der Waals surface area contributed by atoms with Crippen molar-refractivity contribution in [1.29, 1.82) is 0 Å². The second kappa shape index (κ2) is 7.51. The van der Waals surface area contributed by atoms with Crippen LogP contribution < -0.4 is 16.0 Å². The molecule has 2 aliphatic rings. The van der Waals surface area contributed by atoms with E-state index in [9.17, 15) is 9.59 Å². The number of nitrogens with two attached hydrogens (primary N) is 1. The monoisotopic (exact) mass is 357 g/mol. The van der Waals surface area contributed by atoms with E-state index in [0.717, 1.165) is 18.5 Å². The standard InChI is InChI=1S/C16H20ClN3O2.ClH/c17-12-3-5-13(6-4-12)20-9-11(7-15(20)21)16(22)19-14(8-18)10-1-2-10;/h3-6,10-11,14H,1-2,7-9,18H2,(H,19,22);1H. The lowest BCUT2D eigenvalue weighted by atomic mass is 10.1. The fourth-order valence-electron chi connectivity index (χ4n) is 2.92. The summed E-state index contributed by atoms with van der Waals surface area (Å²) in [6.07, 6.45) is 2.50. The topological polar surface area (TPSA) is 75.4 Å². The molecular formula is C16H21Cl2N3O2. The van der Waals surface area contributed by atoms with Crippen molar-refractivity contribution in [2.75, 3.05) is 18.0 Å². The van der Waals surface area contributed by atoms with Crippen molar-refractivity contribution in [3.8, 4) is 0 Å². The summed E-state index contributed by atoms with van der Waals surface area (Å²) in [6.45, 7) is 0.867. The van der Waals surface area contributed by atoms with Gasteiger partial charge in [-0.2, -0.15) is 0 Å². The lowest BCUT2D eigenvalue weighted by Gasteiger charge is -2.19. The molecule has 1 aromatic rings. The van der Waals surface area contributed by atoms with Gasteiger partial charge in [0.15, 0.2) is 0 Å². The Balaban J connectivity index is 0.00000192. The maximum atomic E-state index is 12.4. The number of rotatable bonds is 5. The Labute approximate surface area is 146 Å². The quantitative estimate of drug-likeness (QED) is 0.845. The average Bonchev–Trinajstić information content (AvgIpc) is 3.28. The third-order valence-corrected chi connectivity index (χ3v) is 4.66. The van der Waals surface area contributed by atoms with E-state index in [4.69, 9.17) is 17.3 Å². The number of hydrogen-bond acceptors (Lipinski definition) is 3. The van der Waals surface area contributed by atoms with Crippen molar-refractivity contribution in [2.45, 2.75) is 25.3 Å². The van der Waals surface area contributed by atoms with E-state index in [-0.39, 0.29) is 42.6 Å². The molecule has 2 unspecified atom stereocenters. The molecule has 1 aliphatic carbocycles. The number of carbonyl (C=O) groups excluding carboxylic acids is 2. The SMILES string of the molecule is Cl.NCC(NC(=O)C1CC(=O)N(c2ccc(Cl)cc2)C1)C1CC1. The second-order valence-corrected chi connectivity index (χ2v) is 6.51. The van der Waals surface area contributed by atoms with E-state index in [1.165, 1.54) is 0 Å². The molecule has 126 valence electrons. The molecule has 2 atom stereocenters. The number of nitrogens with zero attached hydrogens (tertiary/aromatic N) is 1. The highest BCUT2D eigenvalue weighted by atomic mass is 35.5. The number of nitrogens with one attached hydrogen (secondary N) is 1. The predicted molar refractivity (Wildman–Crippen MR) is 92.9 cm³/mol. The highest BCUT2D eigenvalue weighted by molar-refractivity contribution is 6.30. The van der Waals surface area contributed by atoms with Crippen molar-refractivity contribution in [2.24, 2.45) is 17.6 Å². The van der Waals surface area contributed by atoms with Crippen LogP contribution >= 0.6 is 24.0 Å². The van der Waals surface area contributed by atoms with Gasteiger partial charge in [-0.15, -0.1) is 12.4 Å². The number of benzene rings is 1. The molecule has 0 radical (unpaired) electrons. The van der Waals surface area contributed by atoms with Crippen LogP contribution in [0.5, 0.6) is 0 Å². The van der Waals surface area contributed by atoms with Gasteiger partial charge in [-0.05, 0) is 43.0 Å². The summed E-state index contributed by atoms with van der Waals surface area (Å²) in [5.74, 6) is 0.111. The zero-order valence-corrected chi connectivity index (χ0v) is 14.3. The fourth-order valence-corrected chi connectivity index (χ4v) is 3.05. The number of amides is 2. The lowest BCUT2D eigenvalue weighted by molar-refractivity contribution is -0.127. The van der Waals surface area contributed by atoms with Crippen molar-refractivity contribution < 1.29 is 9.59 Å². The van der Waals surface area contributed by atoms with Gasteiger partial charge in [-0.25, -0.2) is 0 Å². The minimum atomic E-state index is -0.309. The normalized spacial score (nSPS) is 21.7. The van der Waals surface area contributed by atoms with Gasteiger partial charge >= 0.3 is 0 Å². The Hall–Kier alpha value is -1.30. The minimum absolute atomic E-state index is 0. The molecule has 5 nitrogen and oxygen atoms in total. The zero-order chi connectivity index (χ0) is 15.7. The molecule has 0 aromatic heterocycles. The first-order valence-electron chi connectivity index (χ1n) is 7.65. The van der Waals surface area contributed by atoms with Crippen LogP contribution in [0.15, 0.2) is 24.3 Å². The molecule has 2 fully saturated rings. The summed E-state index contributed by atoms with van der Waals surface area (Å²) in [7, 11) is 0. The van der Waals surface area contributed by atoms with E-state index in [1.807, 2.05) is 0 Å². The first-order chi connectivity index (χ1) is 10.6. The van der Waals surface area contributed by atoms with Crippen LogP contribution in [0.4, 0.5) is 5.69 Å². The van der Waals surface area contributed by atoms with Gasteiger partial charge in [-0.3, -0.25) is 9.59 Å². The fraction of sp³-hybridized carbons (Fsp3) is 0.500. The van der Waals surface area contributed by atoms with Crippen LogP contribution in [0.1, 0.15) is 19.3 Å². The zero-order valence-electron chi connectivity index (χ0n) is 12.7. The van der Waals surface area contributed by atoms with Crippen LogP contribution in [0.25, 0.3) is 0 Å². The van der Waals surface area contributed by atoms with Crippen LogP contribution in [0, 0.1) is 11.8 Å². The molecule has 1 aliphatic heterocycles. The molecule has 7 heteroatoms. The smallest absolute Gasteiger partial charge is 0.227 e. The van der Waals surface area contributed by atoms with Gasteiger partial charge < -0.3 is 16.0 Å². The summed E-state index contributed by atoms with van der Waals surface area (Å²) in [4.78, 5) is 26.2. The van der Waals surface area contributed by atoms with Gasteiger partial charge in [0.2, 0.25) is 11.8 Å². The van der Waals surface area contributed by atoms with Gasteiger partial charge in [0.25, 0.3) is 0 Å². The number of hydrogen-bond donors (Lipinski definition) is 2. The predicted octanol–water partition coefficient (Wildman–Crippen LogP) is 1.97. The van der Waals surface area contributed by atoms with E-state index in [1.54, 1.807) is 29.2 Å². The van der Waals surface area contributed by atoms with Crippen LogP contribution in [-0.4, -0.2) is 30.9 Å². The largest absolute Gasteiger partial charge is 0.352 e. The maximum Gasteiger partial charge on any atom is 0.227 e. The van der Waals surface area contributed by atoms with Gasteiger partial charge in [-0.1, -0.05) is 11.6 Å². The van der Waals surface area contributed by atoms with Crippen molar-refractivity contribution in [3.63, 3.8) is 0 Å². The molecule has 1 saturated heterocycles. The average molecular weight is 358 g/mol. The van der Waals surface area contributed by atoms with Crippen molar-refractivity contribution >= 4 is 41.5 Å². The summed E-state index contributed by atoms with van der Waals surface area (Å²) in [5.41, 5.74) is 6.50. The van der Waals surface area contributed by atoms with Crippen molar-refractivity contribution in [3.05, 3.63) is 29.3 Å². The minimum Gasteiger partial charge on any atom is -0.352 e. The molecule has 1 heterocycles. The second-order valence-electron chi connectivity index (χ2n) is 6.07. The Kier molecular flexibility index (Phi) is 5.89. The van der Waals surface area contributed by atoms with E-state index in [0.29, 0.717) is 24.0 Å². The third-order valence-electron chi connectivity index (χ3n) is 4.41. The van der Waals surface area contributed by atoms with Crippen LogP contribution in [0.2, 0.25) is 5.02 Å². The highest BCUT2D eigenvalue weighted by Crippen LogP contribution is 2.33. The van der Waals surface area contributed by atoms with Crippen molar-refractivity contribution in [1.82, 2.24) is 5.32 Å². The first kappa shape index (κ1) is 18.0. The Morgan fingerprint density at radius 3 is 2.57 bits per heavy atom. The summed E-state index contributed by atoms with van der Waals surface area (Å²) >= 11 is 5.86. The molecule has 0 bridgehead atoms. The summed E-state index contributed by atoms with van der Waals surface area (Å²) < 4.78 is 0. The number of anilines is 1. The highest BCUT2D eigenvalue weighted by Gasteiger charge is 2.38. The van der Waals surface area contributed by atoms with E-state index < -0.39 is 0 Å². The lowest BCUT2D eigenvalue weighted by Crippen LogP contribution is -2.45. The van der Waals surface area contributed by atoms with E-state index in [2.05, 4.69) is 5.32 Å². The van der Waals surface area contributed by atoms with E-state index >= 15 is 0 Å². The maximum absolute atomic E-state index is 12.4. The Morgan fingerprint density at radius 1 is 1.35 bits per heavy atom. The molecular weight excluding hydrogens is 337 g/mol. The molecule has 1 aromatic carbocycles. The Morgan fingerprint density at radius 2 is 2.00 bits per heavy atom. The molecule has 3 rings (SSSR count). The molecule has 3 N–H and O–H groups in total. The first-order valence-corrected chi connectivity index (χ1v) is 8.02. The number of halogens is 2. The molecule has 0 spiro atoms. The van der Waals surface area contributed by atoms with Crippen LogP contribution in [0.3, 0.4) is 0 Å². The molecule has 2 amide bonds. The van der Waals surface area contributed by atoms with Gasteiger partial charge in [0, 0.05) is 36.3 Å². The Bertz CT molecular complexity index is 575. The van der Waals surface area contributed by atoms with Gasteiger partial charge in [0.05, 0.1) is 5.92 Å².